The van der Waals surface area contributed by atoms with E-state index in [1.165, 1.54) is 11.1 Å². The highest BCUT2D eigenvalue weighted by Gasteiger charge is 2.42. The van der Waals surface area contributed by atoms with E-state index in [1.807, 2.05) is 13.0 Å². The van der Waals surface area contributed by atoms with Crippen molar-refractivity contribution in [3.63, 3.8) is 0 Å². The Morgan fingerprint density at radius 1 is 1.14 bits per heavy atom. The highest BCUT2D eigenvalue weighted by molar-refractivity contribution is 5.92. The molecule has 0 aliphatic heterocycles. The van der Waals surface area contributed by atoms with E-state index in [9.17, 15) is 9.59 Å². The summed E-state index contributed by atoms with van der Waals surface area (Å²) < 4.78 is 4.98. The molecule has 7 heteroatoms. The van der Waals surface area contributed by atoms with Crippen LogP contribution in [0.4, 0.5) is 4.79 Å². The number of aryl methyl sites for hydroxylation is 3. The molecule has 1 heterocycles. The third-order valence-electron chi connectivity index (χ3n) is 6.46. The molecule has 1 fully saturated rings. The number of nitrogens with two attached hydrogens (primary N) is 1. The Morgan fingerprint density at radius 3 is 2.52 bits per heavy atom. The maximum atomic E-state index is 11.7. The molecule has 1 saturated carbocycles. The van der Waals surface area contributed by atoms with Gasteiger partial charge in [0.1, 0.15) is 11.8 Å². The molecule has 1 amide bonds. The third-order valence-corrected chi connectivity index (χ3v) is 6.46. The lowest BCUT2D eigenvalue weighted by atomic mass is 9.69. The van der Waals surface area contributed by atoms with E-state index in [0.717, 1.165) is 49.8 Å². The van der Waals surface area contributed by atoms with Gasteiger partial charge in [0.2, 0.25) is 0 Å². The van der Waals surface area contributed by atoms with Gasteiger partial charge in [-0.15, -0.1) is 0 Å². The van der Waals surface area contributed by atoms with Gasteiger partial charge < -0.3 is 15.6 Å². The highest BCUT2D eigenvalue weighted by atomic mass is 16.7. The average molecular weight is 395 g/mol. The fourth-order valence-electron chi connectivity index (χ4n) is 5.04. The van der Waals surface area contributed by atoms with Crippen LogP contribution < -0.4 is 5.73 Å². The van der Waals surface area contributed by atoms with Crippen LogP contribution in [0.2, 0.25) is 0 Å². The Balaban J connectivity index is 1.63. The van der Waals surface area contributed by atoms with Gasteiger partial charge in [-0.2, -0.15) is 0 Å². The first-order valence-corrected chi connectivity index (χ1v) is 9.97. The lowest BCUT2D eigenvalue weighted by Crippen LogP contribution is -2.33. The first-order chi connectivity index (χ1) is 13.8. The number of aromatic nitrogens is 2. The lowest BCUT2D eigenvalue weighted by Gasteiger charge is -2.37. The second kappa shape index (κ2) is 7.13. The first-order valence-electron chi connectivity index (χ1n) is 9.97. The number of benzene rings is 1. The number of amides is 1. The Bertz CT molecular complexity index is 994. The molecule has 29 heavy (non-hydrogen) atoms. The molecule has 0 saturated heterocycles. The summed E-state index contributed by atoms with van der Waals surface area (Å²) in [6.07, 6.45) is 4.06. The van der Waals surface area contributed by atoms with Gasteiger partial charge in [-0.05, 0) is 75.0 Å². The minimum absolute atomic E-state index is 0.110. The summed E-state index contributed by atoms with van der Waals surface area (Å²) in [7, 11) is 0. The van der Waals surface area contributed by atoms with Gasteiger partial charge >= 0.3 is 6.16 Å². The number of carbonyl (C=O) groups is 2. The predicted molar refractivity (Wildman–Crippen MR) is 107 cm³/mol. The van der Waals surface area contributed by atoms with E-state index >= 15 is 0 Å². The number of hydrogen-bond acceptors (Lipinski definition) is 5. The maximum absolute atomic E-state index is 11.7. The van der Waals surface area contributed by atoms with Crippen LogP contribution >= 0.6 is 0 Å². The minimum Gasteiger partial charge on any atom is -0.450 e. The molecule has 0 radical (unpaired) electrons. The summed E-state index contributed by atoms with van der Waals surface area (Å²) in [6, 6.07) is 6.37. The molecular formula is C22H25N3O4. The highest BCUT2D eigenvalue weighted by Crippen LogP contribution is 2.49. The molecule has 3 N–H and O–H groups in total. The minimum atomic E-state index is -1.19. The number of hydrogen-bond donors (Lipinski definition) is 2. The number of ether oxygens (including phenoxy) is 1. The number of primary amides is 1. The van der Waals surface area contributed by atoms with Gasteiger partial charge in [-0.1, -0.05) is 12.1 Å². The smallest absolute Gasteiger partial charge is 0.450 e. The molecule has 1 spiro atoms. The second-order valence-corrected chi connectivity index (χ2v) is 8.19. The molecule has 0 unspecified atom stereocenters. The van der Waals surface area contributed by atoms with Crippen LogP contribution in [0.3, 0.4) is 0 Å². The third kappa shape index (κ3) is 3.45. The molecule has 1 aromatic carbocycles. The van der Waals surface area contributed by atoms with Crippen LogP contribution in [0.25, 0.3) is 11.3 Å². The van der Waals surface area contributed by atoms with Gasteiger partial charge in [-0.25, -0.2) is 9.78 Å². The van der Waals surface area contributed by atoms with Crippen molar-refractivity contribution in [3.05, 3.63) is 46.4 Å². The molecule has 4 rings (SSSR count). The molecule has 2 aliphatic carbocycles. The molecule has 7 nitrogen and oxygen atoms in total. The quantitative estimate of drug-likeness (QED) is 0.766. The average Bonchev–Trinajstić information content (AvgIpc) is 3.01. The van der Waals surface area contributed by atoms with Crippen molar-refractivity contribution in [2.45, 2.75) is 63.9 Å². The fraction of sp³-hybridized carbons (Fsp3) is 0.455. The van der Waals surface area contributed by atoms with Crippen LogP contribution in [0.15, 0.2) is 18.2 Å². The topological polar surface area (TPSA) is 115 Å². The summed E-state index contributed by atoms with van der Waals surface area (Å²) in [5.74, 6) is -0.572. The zero-order valence-corrected chi connectivity index (χ0v) is 16.7. The normalized spacial score (nSPS) is 23.0. The van der Waals surface area contributed by atoms with Crippen LogP contribution in [-0.4, -0.2) is 33.2 Å². The van der Waals surface area contributed by atoms with Crippen molar-refractivity contribution < 1.29 is 19.4 Å². The van der Waals surface area contributed by atoms with Gasteiger partial charge in [0.25, 0.3) is 5.91 Å². The van der Waals surface area contributed by atoms with Gasteiger partial charge in [0, 0.05) is 5.56 Å². The number of fused-ring (bicyclic) bond motifs is 2. The van der Waals surface area contributed by atoms with E-state index in [0.29, 0.717) is 11.4 Å². The monoisotopic (exact) mass is 395 g/mol. The van der Waals surface area contributed by atoms with Gasteiger partial charge in [-0.3, -0.25) is 9.78 Å². The van der Waals surface area contributed by atoms with E-state index in [-0.39, 0.29) is 17.2 Å². The van der Waals surface area contributed by atoms with Crippen molar-refractivity contribution in [1.82, 2.24) is 9.97 Å². The Labute approximate surface area is 169 Å². The molecule has 1 aromatic heterocycles. The van der Waals surface area contributed by atoms with Crippen molar-refractivity contribution >= 4 is 12.1 Å². The molecule has 0 bridgehead atoms. The van der Waals surface area contributed by atoms with Crippen LogP contribution in [0.5, 0.6) is 0 Å². The largest absolute Gasteiger partial charge is 0.506 e. The number of carbonyl (C=O) groups excluding carboxylic acids is 1. The van der Waals surface area contributed by atoms with E-state index in [4.69, 9.17) is 15.6 Å². The van der Waals surface area contributed by atoms with Crippen LogP contribution in [0, 0.1) is 13.8 Å². The Kier molecular flexibility index (Phi) is 4.76. The number of nitrogens with zero attached hydrogens (tertiary/aromatic N) is 2. The maximum Gasteiger partial charge on any atom is 0.506 e. The zero-order valence-electron chi connectivity index (χ0n) is 16.7. The van der Waals surface area contributed by atoms with Crippen molar-refractivity contribution in [2.75, 3.05) is 0 Å². The fourth-order valence-corrected chi connectivity index (χ4v) is 5.04. The predicted octanol–water partition coefficient (Wildman–Crippen LogP) is 3.68. The molecule has 2 aromatic rings. The Hall–Kier alpha value is -2.96. The van der Waals surface area contributed by atoms with E-state index in [1.54, 1.807) is 6.92 Å². The SMILES string of the molecule is Cc1nc(C)c(-c2ccc3c(c2)CC[C@]32CC[C@H](OC(=O)O)CC2)nc1C(N)=O. The summed E-state index contributed by atoms with van der Waals surface area (Å²) in [6.45, 7) is 3.62. The Morgan fingerprint density at radius 2 is 1.86 bits per heavy atom. The second-order valence-electron chi connectivity index (χ2n) is 8.19. The summed E-state index contributed by atoms with van der Waals surface area (Å²) in [4.78, 5) is 31.4. The van der Waals surface area contributed by atoms with Crippen LogP contribution in [-0.2, 0) is 16.6 Å². The first kappa shape index (κ1) is 19.4. The van der Waals surface area contributed by atoms with E-state index in [2.05, 4.69) is 22.1 Å². The lowest BCUT2D eigenvalue weighted by molar-refractivity contribution is 0.0237. The molecule has 2 aliphatic rings. The molecular weight excluding hydrogens is 370 g/mol. The summed E-state index contributed by atoms with van der Waals surface area (Å²) in [5, 5.41) is 8.85. The van der Waals surface area contributed by atoms with Gasteiger partial charge in [0.15, 0.2) is 0 Å². The van der Waals surface area contributed by atoms with E-state index < -0.39 is 12.1 Å². The molecule has 152 valence electrons. The van der Waals surface area contributed by atoms with Gasteiger partial charge in [0.05, 0.1) is 17.1 Å². The standard InChI is InChI=1S/C22H25N3O4/c1-12-18(25-19(20(23)26)13(2)24-12)15-3-4-17-14(11-15)5-8-22(17)9-6-16(7-10-22)29-21(27)28/h3-4,11,16H,5-10H2,1-2H3,(H2,23,26)(H,27,28)/t16-,22+. The number of carboxylic acid groups (broad SMARTS) is 1. The summed E-state index contributed by atoms with van der Waals surface area (Å²) >= 11 is 0. The van der Waals surface area contributed by atoms with Crippen molar-refractivity contribution in [3.8, 4) is 11.3 Å². The summed E-state index contributed by atoms with van der Waals surface area (Å²) in [5.41, 5.74) is 11.3. The van der Waals surface area contributed by atoms with Crippen LogP contribution in [0.1, 0.15) is 65.1 Å². The zero-order chi connectivity index (χ0) is 20.8. The van der Waals surface area contributed by atoms with Crippen molar-refractivity contribution in [2.24, 2.45) is 5.73 Å². The number of rotatable bonds is 3. The molecule has 0 atom stereocenters. The van der Waals surface area contributed by atoms with Crippen molar-refractivity contribution in [1.29, 1.82) is 0 Å².